The minimum atomic E-state index is -2.16. The Balaban J connectivity index is 0.627. The molecule has 122 heavy (non-hydrogen) atoms. The van der Waals surface area contributed by atoms with Gasteiger partial charge in [-0.3, -0.25) is 0 Å². The molecular formula is C66H112O56. The average Bonchev–Trinajstić information content (AvgIpc) is 0.793. The van der Waals surface area contributed by atoms with Gasteiger partial charge in [0, 0.05) is 0 Å². The fourth-order valence-electron chi connectivity index (χ4n) is 14.9. The molecule has 35 N–H and O–H groups in total. The van der Waals surface area contributed by atoms with Crippen molar-refractivity contribution in [2.24, 2.45) is 0 Å². The summed E-state index contributed by atoms with van der Waals surface area (Å²) in [7, 11) is 0. The molecule has 56 nitrogen and oxygen atoms in total. The lowest BCUT2D eigenvalue weighted by molar-refractivity contribution is -0.355. The summed E-state index contributed by atoms with van der Waals surface area (Å²) in [5.74, 6) is 0. The van der Waals surface area contributed by atoms with Crippen molar-refractivity contribution in [3.05, 3.63) is 0 Å². The van der Waals surface area contributed by atoms with Gasteiger partial charge in [-0.2, -0.15) is 0 Å². The fraction of sp³-hybridized carbons (Fsp3) is 1.00. The number of aliphatic hydroxyl groups excluding tert-OH is 35. The molecule has 0 saturated carbocycles. The highest BCUT2D eigenvalue weighted by atomic mass is 16.8. The second kappa shape index (κ2) is 43.4. The van der Waals surface area contributed by atoms with Crippen LogP contribution in [0, 0.1) is 0 Å². The van der Waals surface area contributed by atoms with Gasteiger partial charge in [-0.15, -0.1) is 0 Å². The number of hydrogen-bond donors (Lipinski definition) is 35. The lowest BCUT2D eigenvalue weighted by Crippen LogP contribution is -2.64. The van der Waals surface area contributed by atoms with Crippen LogP contribution in [0.5, 0.6) is 0 Å². The Hall–Kier alpha value is -2.24. The van der Waals surface area contributed by atoms with E-state index in [1.807, 2.05) is 0 Å². The van der Waals surface area contributed by atoms with E-state index in [1.165, 1.54) is 0 Å². The van der Waals surface area contributed by atoms with E-state index in [2.05, 4.69) is 0 Å². The van der Waals surface area contributed by atoms with Crippen molar-refractivity contribution >= 4 is 0 Å². The van der Waals surface area contributed by atoms with Gasteiger partial charge in [0.05, 0.1) is 72.7 Å². The lowest BCUT2D eigenvalue weighted by Gasteiger charge is -2.45. The fourth-order valence-corrected chi connectivity index (χ4v) is 14.9. The molecule has 11 aliphatic heterocycles. The first-order chi connectivity index (χ1) is 57.6. The molecule has 0 aromatic heterocycles. The van der Waals surface area contributed by atoms with E-state index >= 15 is 0 Å². The topological polar surface area (TPSA) is 902 Å². The molecule has 56 heteroatoms. The zero-order chi connectivity index (χ0) is 89.4. The van der Waals surface area contributed by atoms with E-state index in [4.69, 9.17) is 99.5 Å². The average molecular weight is 1800 g/mol. The third kappa shape index (κ3) is 22.1. The van der Waals surface area contributed by atoms with E-state index < -0.39 is 410 Å². The Morgan fingerprint density at radius 3 is 0.361 bits per heavy atom. The van der Waals surface area contributed by atoms with Crippen molar-refractivity contribution in [2.45, 2.75) is 338 Å². The van der Waals surface area contributed by atoms with Crippen LogP contribution < -0.4 is 0 Å². The molecule has 11 fully saturated rings. The maximum absolute atomic E-state index is 11.0. The van der Waals surface area contributed by atoms with Crippen molar-refractivity contribution in [1.29, 1.82) is 0 Å². The first-order valence-electron chi connectivity index (χ1n) is 38.7. The smallest absolute Gasteiger partial charge is 0.186 e. The molecule has 0 radical (unpaired) electrons. The third-order valence-corrected chi connectivity index (χ3v) is 22.8. The quantitative estimate of drug-likeness (QED) is 0.0306. The predicted molar refractivity (Wildman–Crippen MR) is 362 cm³/mol. The Labute approximate surface area is 687 Å². The molecular weight excluding hydrogens is 1690 g/mol. The van der Waals surface area contributed by atoms with Gasteiger partial charge in [-0.1, -0.05) is 0 Å². The normalized spacial score (nSPS) is 53.8. The van der Waals surface area contributed by atoms with Gasteiger partial charge in [0.25, 0.3) is 0 Å². The number of rotatable bonds is 31. The summed E-state index contributed by atoms with van der Waals surface area (Å²) < 4.78 is 116. The Morgan fingerprint density at radius 2 is 0.230 bits per heavy atom. The summed E-state index contributed by atoms with van der Waals surface area (Å²) in [5, 5.41) is 373. The first-order valence-corrected chi connectivity index (χ1v) is 38.7. The van der Waals surface area contributed by atoms with Gasteiger partial charge in [-0.25, -0.2) is 0 Å². The predicted octanol–water partition coefficient (Wildman–Crippen LogP) is -25.0. The van der Waals surface area contributed by atoms with Crippen LogP contribution >= 0.6 is 0 Å². The Bertz CT molecular complexity index is 3060. The largest absolute Gasteiger partial charge is 0.394 e. The minimum absolute atomic E-state index is 0.744. The van der Waals surface area contributed by atoms with Gasteiger partial charge >= 0.3 is 0 Å². The van der Waals surface area contributed by atoms with Crippen molar-refractivity contribution in [2.75, 3.05) is 72.7 Å². The van der Waals surface area contributed by atoms with E-state index in [1.54, 1.807) is 0 Å². The van der Waals surface area contributed by atoms with Gasteiger partial charge in [0.1, 0.15) is 269 Å². The molecule has 0 amide bonds. The molecule has 0 aromatic carbocycles. The van der Waals surface area contributed by atoms with Gasteiger partial charge in [0.15, 0.2) is 69.2 Å². The molecule has 11 heterocycles. The maximum atomic E-state index is 11.0. The van der Waals surface area contributed by atoms with Crippen LogP contribution in [0.4, 0.5) is 0 Å². The Morgan fingerprint density at radius 1 is 0.123 bits per heavy atom. The summed E-state index contributed by atoms with van der Waals surface area (Å²) in [5.41, 5.74) is 0. The molecule has 55 atom stereocenters. The van der Waals surface area contributed by atoms with Crippen LogP contribution in [-0.2, 0) is 99.5 Å². The third-order valence-electron chi connectivity index (χ3n) is 22.8. The van der Waals surface area contributed by atoms with Crippen LogP contribution in [0.1, 0.15) is 0 Å². The van der Waals surface area contributed by atoms with E-state index in [-0.39, 0.29) is 0 Å². The van der Waals surface area contributed by atoms with Gasteiger partial charge in [0.2, 0.25) is 0 Å². The standard InChI is InChI=1S/C66H112O56/c67-1-12-23(68)35(80)46(91)57(113-12)103-3-14-25(70)37(82)48(93)59(115-14)105-5-16-27(72)39(84)50(95)61(117-16)107-7-18-29(74)41(86)52(97)63(119-18)109-9-20-31(76)43(88)54(99)65(121-20)111-11-22-33(78)44(89)55(100)66(122-22)110-10-21-32(77)42(87)53(98)64(120-21)108-8-19-30(75)40(85)51(96)62(118-19)106-6-17-28(73)38(83)49(94)60(116-17)104-4-15-26(71)36(81)47(92)58(114-15)102-2-13-24(69)34(79)45(90)56(101)112-13/h12-101H,1-11H2/t12-,13-,14-,15-,16-,17-,18-,19-,20-,21-,22-,23-,24-,25-,26-,27-,28-,29-,30-,31-,32-,33-,34+,35+,36+,37+,38+,39+,40+,41+,42+,43+,44+,45-,46-,47-,48-,49-,50-,51-,52-,53-,54-,55-,56?,57-,58-,59-,60-,61-,62-,63-,64-,65-,66-/m1/s1. The van der Waals surface area contributed by atoms with Gasteiger partial charge in [-0.05, 0) is 0 Å². The summed E-state index contributed by atoms with van der Waals surface area (Å²) in [6.45, 7) is -9.52. The molecule has 0 spiro atoms. The molecule has 1 unspecified atom stereocenters. The van der Waals surface area contributed by atoms with Crippen molar-refractivity contribution in [3.63, 3.8) is 0 Å². The second-order valence-electron chi connectivity index (χ2n) is 31.2. The SMILES string of the molecule is OC[C@H]1O[C@@H](OC[C@H]2O[C@@H](OC[C@H]3O[C@@H](OC[C@H]4O[C@@H](OC[C@H]5O[C@@H](OC[C@H]6O[C@@H](OC[C@H]7O[C@@H](OC[C@H]8O[C@@H](OC[C@H]9O[C@@H](OC[C@H]%10O[C@@H](OC[C@H]%11OC(O)[C@H](O)[C@@H](O)[C@@H]%11O)[C@H](O)[C@@H](O)[C@@H]%10O)[C@H](O)[C@@H](O)[C@@H]9O)[C@H](O)[C@@H](O)[C@@H]8O)[C@H](O)[C@@H](O)[C@@H]7O)[C@H](O)[C@@H](O)[C@@H]6O)[C@H](O)[C@@H](O)[C@@H]5O)[C@H](O)[C@@H](O)[C@@H]4O)[C@H](O)[C@@H](O)[C@@H]3O)[C@H](O)[C@@H](O)[C@@H]2O)[C@H](O)[C@@H](O)[C@@H]1O. The highest BCUT2D eigenvalue weighted by Gasteiger charge is 2.57. The zero-order valence-corrected chi connectivity index (χ0v) is 63.8. The van der Waals surface area contributed by atoms with Crippen LogP contribution in [0.2, 0.25) is 0 Å². The first kappa shape index (κ1) is 100. The number of ether oxygens (including phenoxy) is 21. The zero-order valence-electron chi connectivity index (χ0n) is 63.8. The number of hydrogen-bond acceptors (Lipinski definition) is 56. The van der Waals surface area contributed by atoms with E-state index in [0.29, 0.717) is 0 Å². The molecule has 11 aliphatic rings. The minimum Gasteiger partial charge on any atom is -0.394 e. The lowest BCUT2D eigenvalue weighted by atomic mass is 9.97. The molecule has 11 saturated heterocycles. The number of aliphatic hydroxyl groups is 35. The molecule has 0 aromatic rings. The monoisotopic (exact) mass is 1800 g/mol. The summed E-state index contributed by atoms with van der Waals surface area (Å²) >= 11 is 0. The van der Waals surface area contributed by atoms with Crippen LogP contribution in [0.15, 0.2) is 0 Å². The van der Waals surface area contributed by atoms with Crippen LogP contribution in [-0.4, -0.2) is 589 Å². The summed E-state index contributed by atoms with van der Waals surface area (Å²) in [6.07, 6.45) is -107. The second-order valence-corrected chi connectivity index (χ2v) is 31.2. The molecule has 712 valence electrons. The van der Waals surface area contributed by atoms with E-state index in [0.717, 1.165) is 0 Å². The van der Waals surface area contributed by atoms with Gasteiger partial charge < -0.3 is 278 Å². The van der Waals surface area contributed by atoms with E-state index in [9.17, 15) is 179 Å². The van der Waals surface area contributed by atoms with Crippen LogP contribution in [0.25, 0.3) is 0 Å². The summed E-state index contributed by atoms with van der Waals surface area (Å²) in [6, 6.07) is 0. The highest BCUT2D eigenvalue weighted by molar-refractivity contribution is 5.01. The van der Waals surface area contributed by atoms with Crippen LogP contribution in [0.3, 0.4) is 0 Å². The molecule has 0 bridgehead atoms. The van der Waals surface area contributed by atoms with Crippen molar-refractivity contribution in [3.8, 4) is 0 Å². The highest BCUT2D eigenvalue weighted by Crippen LogP contribution is 2.36. The van der Waals surface area contributed by atoms with Crippen molar-refractivity contribution in [1.82, 2.24) is 0 Å². The molecule has 11 rings (SSSR count). The van der Waals surface area contributed by atoms with Crippen molar-refractivity contribution < 1.29 is 278 Å². The molecule has 0 aliphatic carbocycles. The summed E-state index contributed by atoms with van der Waals surface area (Å²) in [4.78, 5) is 0. The maximum Gasteiger partial charge on any atom is 0.186 e. The Kier molecular flexibility index (Phi) is 35.7.